The minimum atomic E-state index is -0.197. The molecule has 0 spiro atoms. The van der Waals surface area contributed by atoms with Crippen LogP contribution in [0.1, 0.15) is 51.4 Å². The predicted molar refractivity (Wildman–Crippen MR) is 118 cm³/mol. The lowest BCUT2D eigenvalue weighted by molar-refractivity contribution is 0.0730. The van der Waals surface area contributed by atoms with Crippen molar-refractivity contribution in [2.75, 3.05) is 44.8 Å². The quantitative estimate of drug-likeness (QED) is 0.687. The molecule has 4 rings (SSSR count). The van der Waals surface area contributed by atoms with Gasteiger partial charge in [0, 0.05) is 75.9 Å². The van der Waals surface area contributed by atoms with Gasteiger partial charge in [0.05, 0.1) is 6.54 Å². The lowest BCUT2D eigenvalue weighted by atomic mass is 10.0. The van der Waals surface area contributed by atoms with Gasteiger partial charge in [-0.2, -0.15) is 5.10 Å². The topological polar surface area (TPSA) is 79.7 Å². The highest BCUT2D eigenvalue weighted by atomic mass is 16.5. The van der Waals surface area contributed by atoms with Crippen molar-refractivity contribution in [3.8, 4) is 0 Å². The van der Waals surface area contributed by atoms with Crippen molar-refractivity contribution in [1.82, 2.24) is 20.0 Å². The Labute approximate surface area is 183 Å². The van der Waals surface area contributed by atoms with Crippen LogP contribution in [-0.4, -0.2) is 66.4 Å². The number of carbonyl (C=O) groups excluding carboxylic acids is 2. The first-order valence-corrected chi connectivity index (χ1v) is 11.0. The molecule has 0 saturated carbocycles. The van der Waals surface area contributed by atoms with E-state index in [-0.39, 0.29) is 11.8 Å². The molecule has 3 heterocycles. The van der Waals surface area contributed by atoms with Gasteiger partial charge in [-0.25, -0.2) is 0 Å². The molecule has 8 nitrogen and oxygen atoms in total. The van der Waals surface area contributed by atoms with Crippen LogP contribution in [0.3, 0.4) is 0 Å². The predicted octanol–water partition coefficient (Wildman–Crippen LogP) is 1.99. The number of hydrogen-bond acceptors (Lipinski definition) is 5. The standard InChI is InChI=1S/C23H31N5O3/c1-26-20-10-14-28(16-19(20)21(25-26)22(29)24-11-5-15-31-2)23(30)17-6-8-18(9-7-17)27-12-3-4-13-27/h6-9H,3-5,10-16H2,1-2H3,(H,24,29). The normalized spacial score (nSPS) is 15.8. The third-order valence-corrected chi connectivity index (χ3v) is 6.14. The summed E-state index contributed by atoms with van der Waals surface area (Å²) >= 11 is 0. The number of fused-ring (bicyclic) bond motifs is 1. The molecule has 31 heavy (non-hydrogen) atoms. The Balaban J connectivity index is 1.45. The molecule has 1 fully saturated rings. The molecule has 0 radical (unpaired) electrons. The summed E-state index contributed by atoms with van der Waals surface area (Å²) < 4.78 is 6.79. The second-order valence-corrected chi connectivity index (χ2v) is 8.22. The van der Waals surface area contributed by atoms with Gasteiger partial charge < -0.3 is 19.9 Å². The molecule has 166 valence electrons. The first-order chi connectivity index (χ1) is 15.1. The Morgan fingerprint density at radius 3 is 2.58 bits per heavy atom. The lowest BCUT2D eigenvalue weighted by Gasteiger charge is -2.28. The molecule has 1 saturated heterocycles. The lowest BCUT2D eigenvalue weighted by Crippen LogP contribution is -2.37. The van der Waals surface area contributed by atoms with E-state index in [1.165, 1.54) is 18.5 Å². The van der Waals surface area contributed by atoms with Crippen molar-refractivity contribution in [2.45, 2.75) is 32.2 Å². The van der Waals surface area contributed by atoms with Crippen LogP contribution in [0.4, 0.5) is 5.69 Å². The fraction of sp³-hybridized carbons (Fsp3) is 0.522. The SMILES string of the molecule is COCCCNC(=O)c1nn(C)c2c1CN(C(=O)c1ccc(N3CCCC3)cc1)CC2. The van der Waals surface area contributed by atoms with E-state index in [4.69, 9.17) is 4.74 Å². The van der Waals surface area contributed by atoms with Crippen molar-refractivity contribution in [2.24, 2.45) is 7.05 Å². The summed E-state index contributed by atoms with van der Waals surface area (Å²) in [5.74, 6) is -0.203. The van der Waals surface area contributed by atoms with Crippen LogP contribution in [0, 0.1) is 0 Å². The molecule has 0 atom stereocenters. The van der Waals surface area contributed by atoms with E-state index in [1.54, 1.807) is 11.8 Å². The third kappa shape index (κ3) is 4.58. The average Bonchev–Trinajstić information content (AvgIpc) is 3.45. The van der Waals surface area contributed by atoms with Gasteiger partial charge in [0.1, 0.15) is 0 Å². The maximum Gasteiger partial charge on any atom is 0.272 e. The first-order valence-electron chi connectivity index (χ1n) is 11.0. The number of methoxy groups -OCH3 is 1. The molecule has 2 amide bonds. The van der Waals surface area contributed by atoms with Gasteiger partial charge in [-0.05, 0) is 43.5 Å². The van der Waals surface area contributed by atoms with Gasteiger partial charge in [-0.15, -0.1) is 0 Å². The van der Waals surface area contributed by atoms with Gasteiger partial charge in [-0.3, -0.25) is 14.3 Å². The Morgan fingerprint density at radius 1 is 1.13 bits per heavy atom. The number of nitrogens with zero attached hydrogens (tertiary/aromatic N) is 4. The van der Waals surface area contributed by atoms with E-state index in [2.05, 4.69) is 15.3 Å². The number of anilines is 1. The molecule has 2 aliphatic heterocycles. The summed E-state index contributed by atoms with van der Waals surface area (Å²) in [5, 5.41) is 7.35. The molecule has 0 aliphatic carbocycles. The molecule has 8 heteroatoms. The summed E-state index contributed by atoms with van der Waals surface area (Å²) in [7, 11) is 3.50. The van der Waals surface area contributed by atoms with Crippen LogP contribution in [-0.2, 0) is 24.8 Å². The van der Waals surface area contributed by atoms with Crippen molar-refractivity contribution >= 4 is 17.5 Å². The highest BCUT2D eigenvalue weighted by Crippen LogP contribution is 2.25. The van der Waals surface area contributed by atoms with Crippen molar-refractivity contribution in [3.63, 3.8) is 0 Å². The summed E-state index contributed by atoms with van der Waals surface area (Å²) in [6.45, 7) is 4.31. The summed E-state index contributed by atoms with van der Waals surface area (Å²) in [6.07, 6.45) is 3.89. The average molecular weight is 426 g/mol. The van der Waals surface area contributed by atoms with E-state index in [9.17, 15) is 9.59 Å². The second kappa shape index (κ2) is 9.51. The number of aryl methyl sites for hydroxylation is 1. The fourth-order valence-electron chi connectivity index (χ4n) is 4.42. The smallest absolute Gasteiger partial charge is 0.272 e. The van der Waals surface area contributed by atoms with E-state index in [0.717, 1.165) is 30.8 Å². The van der Waals surface area contributed by atoms with Crippen LogP contribution < -0.4 is 10.2 Å². The molecule has 0 unspecified atom stereocenters. The van der Waals surface area contributed by atoms with Crippen molar-refractivity contribution < 1.29 is 14.3 Å². The molecule has 1 aromatic heterocycles. The van der Waals surface area contributed by atoms with Gasteiger partial charge in [0.25, 0.3) is 11.8 Å². The second-order valence-electron chi connectivity index (χ2n) is 8.22. The highest BCUT2D eigenvalue weighted by molar-refractivity contribution is 5.96. The molecule has 1 aromatic carbocycles. The number of hydrogen-bond donors (Lipinski definition) is 1. The molecular formula is C23H31N5O3. The van der Waals surface area contributed by atoms with E-state index >= 15 is 0 Å². The maximum absolute atomic E-state index is 13.1. The fourth-order valence-corrected chi connectivity index (χ4v) is 4.42. The highest BCUT2D eigenvalue weighted by Gasteiger charge is 2.29. The number of ether oxygens (including phenoxy) is 1. The van der Waals surface area contributed by atoms with Crippen molar-refractivity contribution in [1.29, 1.82) is 0 Å². The monoisotopic (exact) mass is 425 g/mol. The number of carbonyl (C=O) groups is 2. The number of nitrogens with one attached hydrogen (secondary N) is 1. The van der Waals surface area contributed by atoms with Crippen LogP contribution >= 0.6 is 0 Å². The van der Waals surface area contributed by atoms with Crippen LogP contribution in [0.15, 0.2) is 24.3 Å². The Morgan fingerprint density at radius 2 is 1.87 bits per heavy atom. The van der Waals surface area contributed by atoms with E-state index in [1.807, 2.05) is 36.2 Å². The maximum atomic E-state index is 13.1. The number of amides is 2. The van der Waals surface area contributed by atoms with Gasteiger partial charge in [-0.1, -0.05) is 0 Å². The zero-order chi connectivity index (χ0) is 21.8. The minimum Gasteiger partial charge on any atom is -0.385 e. The summed E-state index contributed by atoms with van der Waals surface area (Å²) in [6, 6.07) is 7.91. The van der Waals surface area contributed by atoms with Crippen LogP contribution in [0.2, 0.25) is 0 Å². The molecular weight excluding hydrogens is 394 g/mol. The van der Waals surface area contributed by atoms with E-state index < -0.39 is 0 Å². The summed E-state index contributed by atoms with van der Waals surface area (Å²) in [5.41, 5.74) is 4.14. The molecule has 1 N–H and O–H groups in total. The Bertz CT molecular complexity index is 931. The minimum absolute atomic E-state index is 0.00562. The number of benzene rings is 1. The van der Waals surface area contributed by atoms with Gasteiger partial charge >= 0.3 is 0 Å². The molecule has 0 bridgehead atoms. The third-order valence-electron chi connectivity index (χ3n) is 6.14. The number of aromatic nitrogens is 2. The Kier molecular flexibility index (Phi) is 6.56. The summed E-state index contributed by atoms with van der Waals surface area (Å²) in [4.78, 5) is 30.0. The van der Waals surface area contributed by atoms with Crippen LogP contribution in [0.25, 0.3) is 0 Å². The van der Waals surface area contributed by atoms with Crippen molar-refractivity contribution in [3.05, 3.63) is 46.8 Å². The zero-order valence-corrected chi connectivity index (χ0v) is 18.4. The first kappa shape index (κ1) is 21.4. The zero-order valence-electron chi connectivity index (χ0n) is 18.4. The van der Waals surface area contributed by atoms with Gasteiger partial charge in [0.2, 0.25) is 0 Å². The molecule has 2 aliphatic rings. The Hall–Kier alpha value is -2.87. The largest absolute Gasteiger partial charge is 0.385 e. The molecule has 2 aromatic rings. The van der Waals surface area contributed by atoms with Crippen LogP contribution in [0.5, 0.6) is 0 Å². The van der Waals surface area contributed by atoms with E-state index in [0.29, 0.717) is 43.9 Å². The number of rotatable bonds is 7. The van der Waals surface area contributed by atoms with Gasteiger partial charge in [0.15, 0.2) is 5.69 Å².